The van der Waals surface area contributed by atoms with Gasteiger partial charge in [-0.3, -0.25) is 4.99 Å². The van der Waals surface area contributed by atoms with Gasteiger partial charge in [-0.2, -0.15) is 0 Å². The maximum Gasteiger partial charge on any atom is 0.160 e. The summed E-state index contributed by atoms with van der Waals surface area (Å²) < 4.78 is 6.34. The second kappa shape index (κ2) is 7.03. The van der Waals surface area contributed by atoms with Crippen molar-refractivity contribution in [1.29, 1.82) is 0 Å². The highest BCUT2D eigenvalue weighted by atomic mass is 16.3. The van der Waals surface area contributed by atoms with Crippen LogP contribution in [-0.4, -0.2) is 24.6 Å². The number of rotatable bonds is 4. The fourth-order valence-electron chi connectivity index (χ4n) is 3.71. The van der Waals surface area contributed by atoms with Gasteiger partial charge in [0.15, 0.2) is 11.3 Å². The molecule has 0 radical (unpaired) electrons. The van der Waals surface area contributed by atoms with Gasteiger partial charge in [-0.15, -0.1) is 0 Å². The Kier molecular flexibility index (Phi) is 4.56. The van der Waals surface area contributed by atoms with Gasteiger partial charge in [0.25, 0.3) is 0 Å². The number of hydrogen-bond donors (Lipinski definition) is 0. The van der Waals surface area contributed by atoms with Crippen LogP contribution in [0.3, 0.4) is 0 Å². The number of aromatic nitrogens is 1. The number of benzene rings is 3. The van der Waals surface area contributed by atoms with Crippen LogP contribution in [0, 0.1) is 6.92 Å². The Bertz CT molecular complexity index is 1160. The monoisotopic (exact) mass is 359 g/mol. The lowest BCUT2D eigenvalue weighted by Crippen LogP contribution is -2.21. The van der Waals surface area contributed by atoms with Crippen molar-refractivity contribution in [1.82, 2.24) is 4.98 Å². The van der Waals surface area contributed by atoms with Crippen molar-refractivity contribution < 1.29 is 4.42 Å². The maximum absolute atomic E-state index is 6.34. The first-order chi connectivity index (χ1) is 13.1. The van der Waals surface area contributed by atoms with Crippen LogP contribution in [0.4, 0.5) is 5.69 Å². The van der Waals surface area contributed by atoms with Gasteiger partial charge < -0.3 is 9.32 Å². The second-order valence-corrected chi connectivity index (χ2v) is 6.79. The normalized spacial score (nSPS) is 12.4. The largest absolute Gasteiger partial charge is 0.452 e. The molecule has 0 unspecified atom stereocenters. The minimum absolute atomic E-state index is 0.753. The third-order valence-corrected chi connectivity index (χ3v) is 5.10. The van der Waals surface area contributed by atoms with E-state index in [2.05, 4.69) is 67.1 Å². The van der Waals surface area contributed by atoms with Crippen LogP contribution in [0.1, 0.15) is 26.3 Å². The first kappa shape index (κ1) is 17.5. The highest BCUT2D eigenvalue weighted by Crippen LogP contribution is 2.32. The molecule has 2 aromatic carbocycles. The van der Waals surface area contributed by atoms with E-state index in [9.17, 15) is 0 Å². The number of nitrogens with zero attached hydrogens (tertiary/aromatic N) is 3. The number of fused-ring (bicyclic) bond motifs is 4. The molecule has 0 spiro atoms. The van der Waals surface area contributed by atoms with Crippen molar-refractivity contribution >= 4 is 27.6 Å². The Morgan fingerprint density at radius 3 is 2.56 bits per heavy atom. The molecule has 27 heavy (non-hydrogen) atoms. The molecule has 0 fully saturated rings. The molecular formula is C23H25N3O. The van der Waals surface area contributed by atoms with Gasteiger partial charge in [0.05, 0.1) is 5.36 Å². The number of aryl methyl sites for hydroxylation is 1. The van der Waals surface area contributed by atoms with Gasteiger partial charge in [0.1, 0.15) is 11.2 Å². The average Bonchev–Trinajstić information content (AvgIpc) is 2.68. The van der Waals surface area contributed by atoms with E-state index >= 15 is 0 Å². The first-order valence-electron chi connectivity index (χ1n) is 9.68. The summed E-state index contributed by atoms with van der Waals surface area (Å²) in [5.74, 6) is 0.787. The molecule has 1 heterocycles. The third-order valence-electron chi connectivity index (χ3n) is 5.10. The van der Waals surface area contributed by atoms with Gasteiger partial charge in [-0.1, -0.05) is 6.07 Å². The molecule has 0 atom stereocenters. The average molecular weight is 359 g/mol. The van der Waals surface area contributed by atoms with Crippen molar-refractivity contribution in [3.05, 3.63) is 53.4 Å². The molecular weight excluding hydrogens is 334 g/mol. The number of hydrogen-bond acceptors (Lipinski definition) is 4. The zero-order valence-electron chi connectivity index (χ0n) is 16.4. The zero-order chi connectivity index (χ0) is 19.0. The van der Waals surface area contributed by atoms with Crippen LogP contribution in [0.5, 0.6) is 0 Å². The SMILES string of the molecule is CCN=c1cc2oc3c(ccc4cc(N(CC)CC)ccc43)nc-2c(C)c1. The lowest BCUT2D eigenvalue weighted by molar-refractivity contribution is 0.614. The van der Waals surface area contributed by atoms with Crippen LogP contribution >= 0.6 is 0 Å². The predicted molar refractivity (Wildman–Crippen MR) is 113 cm³/mol. The molecule has 2 aromatic rings. The summed E-state index contributed by atoms with van der Waals surface area (Å²) in [4.78, 5) is 11.7. The summed E-state index contributed by atoms with van der Waals surface area (Å²) in [6, 6.07) is 14.8. The van der Waals surface area contributed by atoms with Gasteiger partial charge >= 0.3 is 0 Å². The summed E-state index contributed by atoms with van der Waals surface area (Å²) in [5.41, 5.74) is 4.94. The highest BCUT2D eigenvalue weighted by molar-refractivity contribution is 6.04. The zero-order valence-corrected chi connectivity index (χ0v) is 16.4. The minimum atomic E-state index is 0.753. The lowest BCUT2D eigenvalue weighted by Gasteiger charge is -2.21. The first-order valence-corrected chi connectivity index (χ1v) is 9.68. The molecule has 0 amide bonds. The van der Waals surface area contributed by atoms with Crippen molar-refractivity contribution in [3.8, 4) is 11.5 Å². The predicted octanol–water partition coefficient (Wildman–Crippen LogP) is 5.16. The molecule has 138 valence electrons. The highest BCUT2D eigenvalue weighted by Gasteiger charge is 2.14. The van der Waals surface area contributed by atoms with E-state index in [0.29, 0.717) is 0 Å². The van der Waals surface area contributed by atoms with Gasteiger partial charge in [0.2, 0.25) is 0 Å². The fourth-order valence-corrected chi connectivity index (χ4v) is 3.71. The van der Waals surface area contributed by atoms with E-state index < -0.39 is 0 Å². The van der Waals surface area contributed by atoms with E-state index in [0.717, 1.165) is 58.5 Å². The van der Waals surface area contributed by atoms with Crippen LogP contribution in [0.25, 0.3) is 33.3 Å². The summed E-state index contributed by atoms with van der Waals surface area (Å²) in [6.07, 6.45) is 0. The van der Waals surface area contributed by atoms with E-state index in [1.807, 2.05) is 13.0 Å². The molecule has 4 nitrogen and oxygen atoms in total. The molecule has 0 saturated carbocycles. The molecule has 1 aliphatic heterocycles. The summed E-state index contributed by atoms with van der Waals surface area (Å²) in [7, 11) is 0. The Labute approximate surface area is 159 Å². The third kappa shape index (κ3) is 3.05. The van der Waals surface area contributed by atoms with E-state index in [-0.39, 0.29) is 0 Å². The Balaban J connectivity index is 1.99. The summed E-state index contributed by atoms with van der Waals surface area (Å²) in [6.45, 7) is 11.2. The molecule has 4 rings (SSSR count). The van der Waals surface area contributed by atoms with Crippen LogP contribution in [0.15, 0.2) is 51.9 Å². The molecule has 0 bridgehead atoms. The smallest absolute Gasteiger partial charge is 0.160 e. The van der Waals surface area contributed by atoms with E-state index in [1.54, 1.807) is 0 Å². The van der Waals surface area contributed by atoms with Gasteiger partial charge in [-0.05, 0) is 69.0 Å². The number of anilines is 1. The standard InChI is InChI=1S/C23H25N3O/c1-5-24-17-12-15(4)22-21(14-17)27-23-19-10-9-18(26(6-2)7-3)13-16(19)8-11-20(23)25-22/h8-14H,5-7H2,1-4H3. The Morgan fingerprint density at radius 2 is 1.81 bits per heavy atom. The van der Waals surface area contributed by atoms with Crippen molar-refractivity contribution in [2.75, 3.05) is 24.5 Å². The van der Waals surface area contributed by atoms with E-state index in [4.69, 9.17) is 9.40 Å². The summed E-state index contributed by atoms with van der Waals surface area (Å²) in [5, 5.41) is 3.20. The molecule has 0 aromatic heterocycles. The van der Waals surface area contributed by atoms with Crippen molar-refractivity contribution in [2.45, 2.75) is 27.7 Å². The van der Waals surface area contributed by atoms with Crippen LogP contribution in [0.2, 0.25) is 0 Å². The Hall–Kier alpha value is -2.88. The summed E-state index contributed by atoms with van der Waals surface area (Å²) >= 11 is 0. The fraction of sp³-hybridized carbons (Fsp3) is 0.304. The lowest BCUT2D eigenvalue weighted by atomic mass is 10.1. The second-order valence-electron chi connectivity index (χ2n) is 6.79. The molecule has 1 aliphatic carbocycles. The molecule has 0 saturated heterocycles. The van der Waals surface area contributed by atoms with Gasteiger partial charge in [0, 0.05) is 36.8 Å². The van der Waals surface area contributed by atoms with E-state index in [1.165, 1.54) is 11.1 Å². The minimum Gasteiger partial charge on any atom is -0.452 e. The topological polar surface area (TPSA) is 41.6 Å². The van der Waals surface area contributed by atoms with Crippen molar-refractivity contribution in [2.24, 2.45) is 4.99 Å². The molecule has 0 N–H and O–H groups in total. The van der Waals surface area contributed by atoms with Gasteiger partial charge in [-0.25, -0.2) is 4.98 Å². The molecule has 4 heteroatoms. The van der Waals surface area contributed by atoms with Crippen LogP contribution < -0.4 is 10.3 Å². The quantitative estimate of drug-likeness (QED) is 0.373. The van der Waals surface area contributed by atoms with Crippen molar-refractivity contribution in [3.63, 3.8) is 0 Å². The molecule has 2 aliphatic rings. The van der Waals surface area contributed by atoms with Crippen LogP contribution in [-0.2, 0) is 0 Å². The maximum atomic E-state index is 6.34. The Morgan fingerprint density at radius 1 is 1.00 bits per heavy atom.